The smallest absolute Gasteiger partial charge is 0.311 e. The highest BCUT2D eigenvalue weighted by Gasteiger charge is 2.19. The molecule has 2 aromatic rings. The second-order valence-corrected chi connectivity index (χ2v) is 5.71. The average Bonchev–Trinajstić information content (AvgIpc) is 2.54. The summed E-state index contributed by atoms with van der Waals surface area (Å²) < 4.78 is 18.6. The van der Waals surface area contributed by atoms with E-state index >= 15 is 0 Å². The van der Waals surface area contributed by atoms with Crippen LogP contribution in [-0.4, -0.2) is 18.0 Å². The molecule has 0 aliphatic carbocycles. The molecule has 0 spiro atoms. The molecule has 0 aliphatic heterocycles. The normalized spacial score (nSPS) is 11.7. The minimum Gasteiger partial charge on any atom is -0.452 e. The highest BCUT2D eigenvalue weighted by molar-refractivity contribution is 6.31. The molecule has 0 saturated heterocycles. The fourth-order valence-electron chi connectivity index (χ4n) is 2.07. The molecule has 24 heavy (non-hydrogen) atoms. The first-order valence-corrected chi connectivity index (χ1v) is 7.75. The highest BCUT2D eigenvalue weighted by atomic mass is 35.5. The third kappa shape index (κ3) is 4.55. The van der Waals surface area contributed by atoms with Gasteiger partial charge in [-0.1, -0.05) is 35.9 Å². The third-order valence-corrected chi connectivity index (χ3v) is 3.91. The fourth-order valence-corrected chi connectivity index (χ4v) is 2.24. The van der Waals surface area contributed by atoms with Crippen molar-refractivity contribution in [3.05, 3.63) is 64.4 Å². The Labute approximate surface area is 144 Å². The van der Waals surface area contributed by atoms with Gasteiger partial charge in [-0.05, 0) is 43.2 Å². The summed E-state index contributed by atoms with van der Waals surface area (Å²) >= 11 is 5.99. The molecule has 2 aromatic carbocycles. The van der Waals surface area contributed by atoms with Crippen LogP contribution in [0.2, 0.25) is 5.02 Å². The quantitative estimate of drug-likeness (QED) is 0.833. The van der Waals surface area contributed by atoms with Crippen molar-refractivity contribution in [3.63, 3.8) is 0 Å². The number of anilines is 1. The van der Waals surface area contributed by atoms with Crippen LogP contribution in [0.5, 0.6) is 0 Å². The fraction of sp³-hybridized carbons (Fsp3) is 0.222. The number of ether oxygens (including phenoxy) is 1. The van der Waals surface area contributed by atoms with Gasteiger partial charge in [-0.25, -0.2) is 4.39 Å². The molecule has 1 N–H and O–H groups in total. The van der Waals surface area contributed by atoms with Gasteiger partial charge in [0.1, 0.15) is 5.82 Å². The van der Waals surface area contributed by atoms with E-state index in [9.17, 15) is 14.0 Å². The van der Waals surface area contributed by atoms with E-state index in [2.05, 4.69) is 5.32 Å². The summed E-state index contributed by atoms with van der Waals surface area (Å²) in [4.78, 5) is 24.0. The summed E-state index contributed by atoms with van der Waals surface area (Å²) in [7, 11) is 0. The Morgan fingerprint density at radius 1 is 1.21 bits per heavy atom. The zero-order chi connectivity index (χ0) is 17.7. The summed E-state index contributed by atoms with van der Waals surface area (Å²) in [5, 5.41) is 3.18. The minimum absolute atomic E-state index is 0.223. The Balaban J connectivity index is 1.95. The van der Waals surface area contributed by atoms with Crippen LogP contribution in [-0.2, 0) is 20.7 Å². The van der Waals surface area contributed by atoms with E-state index < -0.39 is 23.8 Å². The number of amides is 1. The summed E-state index contributed by atoms with van der Waals surface area (Å²) in [6.45, 7) is 3.22. The maximum atomic E-state index is 13.5. The van der Waals surface area contributed by atoms with Gasteiger partial charge in [0.25, 0.3) is 5.91 Å². The highest BCUT2D eigenvalue weighted by Crippen LogP contribution is 2.23. The largest absolute Gasteiger partial charge is 0.452 e. The number of nitrogens with one attached hydrogen (secondary N) is 1. The topological polar surface area (TPSA) is 55.4 Å². The Kier molecular flexibility index (Phi) is 5.93. The molecule has 1 atom stereocenters. The van der Waals surface area contributed by atoms with Crippen molar-refractivity contribution in [2.75, 3.05) is 5.32 Å². The average molecular weight is 350 g/mol. The third-order valence-electron chi connectivity index (χ3n) is 3.50. The van der Waals surface area contributed by atoms with Crippen LogP contribution >= 0.6 is 11.6 Å². The standard InChI is InChI=1S/C18H17ClFNO3/c1-11-14(19)7-5-9-16(11)21-18(23)12(2)24-17(22)10-13-6-3-4-8-15(13)20/h3-9,12H,10H2,1-2H3,(H,21,23)/t12-/m0/s1. The molecule has 2 rings (SSSR count). The second-order valence-electron chi connectivity index (χ2n) is 5.30. The van der Waals surface area contributed by atoms with Crippen molar-refractivity contribution in [2.24, 2.45) is 0 Å². The van der Waals surface area contributed by atoms with Crippen LogP contribution in [0.4, 0.5) is 10.1 Å². The summed E-state index contributed by atoms with van der Waals surface area (Å²) in [6, 6.07) is 11.0. The van der Waals surface area contributed by atoms with Crippen molar-refractivity contribution >= 4 is 29.2 Å². The van der Waals surface area contributed by atoms with E-state index in [1.165, 1.54) is 25.1 Å². The molecule has 0 heterocycles. The molecule has 1 amide bonds. The SMILES string of the molecule is Cc1c(Cl)cccc1NC(=O)[C@H](C)OC(=O)Cc1ccccc1F. The Morgan fingerprint density at radius 2 is 1.92 bits per heavy atom. The number of hydrogen-bond acceptors (Lipinski definition) is 3. The monoisotopic (exact) mass is 349 g/mol. The summed E-state index contributed by atoms with van der Waals surface area (Å²) in [5.74, 6) is -1.64. The van der Waals surface area contributed by atoms with Gasteiger partial charge in [0.2, 0.25) is 0 Å². The number of carbonyl (C=O) groups excluding carboxylic acids is 2. The van der Waals surface area contributed by atoms with E-state index in [4.69, 9.17) is 16.3 Å². The summed E-state index contributed by atoms with van der Waals surface area (Å²) in [5.41, 5.74) is 1.49. The number of carbonyl (C=O) groups is 2. The molecule has 0 saturated carbocycles. The lowest BCUT2D eigenvalue weighted by atomic mass is 10.1. The van der Waals surface area contributed by atoms with Gasteiger partial charge < -0.3 is 10.1 Å². The zero-order valence-corrected chi connectivity index (χ0v) is 14.1. The predicted octanol–water partition coefficient (Wildman–Crippen LogP) is 3.90. The molecule has 0 unspecified atom stereocenters. The van der Waals surface area contributed by atoms with Gasteiger partial charge in [0, 0.05) is 10.7 Å². The number of benzene rings is 2. The van der Waals surface area contributed by atoms with E-state index in [1.54, 1.807) is 31.2 Å². The number of hydrogen-bond donors (Lipinski definition) is 1. The van der Waals surface area contributed by atoms with E-state index in [0.717, 1.165) is 5.56 Å². The van der Waals surface area contributed by atoms with E-state index in [0.29, 0.717) is 10.7 Å². The van der Waals surface area contributed by atoms with Crippen LogP contribution in [0.3, 0.4) is 0 Å². The minimum atomic E-state index is -1.01. The molecular formula is C18H17ClFNO3. The van der Waals surface area contributed by atoms with Gasteiger partial charge in [0.05, 0.1) is 6.42 Å². The lowest BCUT2D eigenvalue weighted by Crippen LogP contribution is -2.30. The van der Waals surface area contributed by atoms with Crippen molar-refractivity contribution < 1.29 is 18.7 Å². The van der Waals surface area contributed by atoms with E-state index in [1.807, 2.05) is 0 Å². The van der Waals surface area contributed by atoms with Gasteiger partial charge in [-0.15, -0.1) is 0 Å². The maximum absolute atomic E-state index is 13.5. The molecule has 6 heteroatoms. The first-order chi connectivity index (χ1) is 11.4. The van der Waals surface area contributed by atoms with Crippen molar-refractivity contribution in [1.29, 1.82) is 0 Å². The summed E-state index contributed by atoms with van der Waals surface area (Å²) in [6.07, 6.45) is -1.25. The lowest BCUT2D eigenvalue weighted by Gasteiger charge is -2.15. The molecule has 0 fully saturated rings. The maximum Gasteiger partial charge on any atom is 0.311 e. The van der Waals surface area contributed by atoms with Crippen LogP contribution in [0.15, 0.2) is 42.5 Å². The van der Waals surface area contributed by atoms with Crippen molar-refractivity contribution in [2.45, 2.75) is 26.4 Å². The molecule has 0 bridgehead atoms. The van der Waals surface area contributed by atoms with Crippen LogP contribution in [0, 0.1) is 12.7 Å². The number of rotatable bonds is 5. The van der Waals surface area contributed by atoms with Gasteiger partial charge in [-0.2, -0.15) is 0 Å². The van der Waals surface area contributed by atoms with Crippen LogP contribution in [0.1, 0.15) is 18.1 Å². The van der Waals surface area contributed by atoms with Gasteiger partial charge in [-0.3, -0.25) is 9.59 Å². The van der Waals surface area contributed by atoms with Crippen molar-refractivity contribution in [1.82, 2.24) is 0 Å². The Bertz CT molecular complexity index is 764. The predicted molar refractivity (Wildman–Crippen MR) is 90.5 cm³/mol. The molecule has 4 nitrogen and oxygen atoms in total. The van der Waals surface area contributed by atoms with Crippen molar-refractivity contribution in [3.8, 4) is 0 Å². The second kappa shape index (κ2) is 7.93. The molecular weight excluding hydrogens is 333 g/mol. The number of esters is 1. The van der Waals surface area contributed by atoms with Crippen LogP contribution in [0.25, 0.3) is 0 Å². The molecule has 0 radical (unpaired) electrons. The molecule has 0 aliphatic rings. The first-order valence-electron chi connectivity index (χ1n) is 7.37. The van der Waals surface area contributed by atoms with E-state index in [-0.39, 0.29) is 12.0 Å². The van der Waals surface area contributed by atoms with Gasteiger partial charge in [0.15, 0.2) is 6.10 Å². The Morgan fingerprint density at radius 3 is 2.62 bits per heavy atom. The number of halogens is 2. The molecule has 126 valence electrons. The molecule has 0 aromatic heterocycles. The zero-order valence-electron chi connectivity index (χ0n) is 13.3. The lowest BCUT2D eigenvalue weighted by molar-refractivity contribution is -0.152. The van der Waals surface area contributed by atoms with Gasteiger partial charge >= 0.3 is 5.97 Å². The Hall–Kier alpha value is -2.40. The first kappa shape index (κ1) is 17.9. The van der Waals surface area contributed by atoms with Crippen LogP contribution < -0.4 is 5.32 Å².